The maximum atomic E-state index is 12.5. The minimum Gasteiger partial charge on any atom is -0.497 e. The molecule has 2 aromatic rings. The maximum Gasteiger partial charge on any atom is 0.253 e. The van der Waals surface area contributed by atoms with E-state index in [-0.39, 0.29) is 11.8 Å². The molecule has 0 saturated carbocycles. The second-order valence-electron chi connectivity index (χ2n) is 6.74. The van der Waals surface area contributed by atoms with Crippen molar-refractivity contribution in [1.82, 2.24) is 9.80 Å². The first-order valence-corrected chi connectivity index (χ1v) is 9.42. The van der Waals surface area contributed by atoms with Gasteiger partial charge in [0.05, 0.1) is 7.11 Å². The average Bonchev–Trinajstić information content (AvgIpc) is 2.74. The zero-order chi connectivity index (χ0) is 19.1. The lowest BCUT2D eigenvalue weighted by Gasteiger charge is -2.35. The molecule has 0 aliphatic carbocycles. The van der Waals surface area contributed by atoms with Crippen LogP contribution in [-0.2, 0) is 11.2 Å². The monoisotopic (exact) mass is 366 g/mol. The van der Waals surface area contributed by atoms with Crippen LogP contribution in [-0.4, -0.2) is 54.9 Å². The van der Waals surface area contributed by atoms with Gasteiger partial charge in [-0.15, -0.1) is 0 Å². The first kappa shape index (κ1) is 19.0. The van der Waals surface area contributed by atoms with Crippen molar-refractivity contribution in [3.05, 3.63) is 65.7 Å². The van der Waals surface area contributed by atoms with E-state index in [1.165, 1.54) is 5.56 Å². The number of nitrogens with zero attached hydrogens (tertiary/aromatic N) is 2. The summed E-state index contributed by atoms with van der Waals surface area (Å²) in [4.78, 5) is 28.6. The van der Waals surface area contributed by atoms with Crippen LogP contribution in [0.5, 0.6) is 5.75 Å². The number of methoxy groups -OCH3 is 1. The topological polar surface area (TPSA) is 49.9 Å². The summed E-state index contributed by atoms with van der Waals surface area (Å²) in [5, 5.41) is 0. The highest BCUT2D eigenvalue weighted by molar-refractivity contribution is 5.94. The van der Waals surface area contributed by atoms with Gasteiger partial charge in [-0.25, -0.2) is 0 Å². The van der Waals surface area contributed by atoms with Crippen LogP contribution in [0.1, 0.15) is 28.8 Å². The number of amides is 2. The standard InChI is InChI=1S/C22H26N2O3/c1-27-20-12-10-18(11-13-20)6-5-9-21(25)23-14-16-24(17-15-23)22(26)19-7-3-2-4-8-19/h2-4,7-8,10-13H,5-6,9,14-17H2,1H3. The summed E-state index contributed by atoms with van der Waals surface area (Å²) in [6.45, 7) is 2.41. The lowest BCUT2D eigenvalue weighted by atomic mass is 10.1. The predicted molar refractivity (Wildman–Crippen MR) is 105 cm³/mol. The molecule has 1 saturated heterocycles. The Hall–Kier alpha value is -2.82. The SMILES string of the molecule is COc1ccc(CCCC(=O)N2CCN(C(=O)c3ccccc3)CC2)cc1. The average molecular weight is 366 g/mol. The summed E-state index contributed by atoms with van der Waals surface area (Å²) in [5.41, 5.74) is 1.92. The van der Waals surface area contributed by atoms with Crippen LogP contribution in [0.4, 0.5) is 0 Å². The van der Waals surface area contributed by atoms with E-state index in [9.17, 15) is 9.59 Å². The molecule has 1 aliphatic heterocycles. The molecule has 0 spiro atoms. The van der Waals surface area contributed by atoms with Crippen LogP contribution in [0.3, 0.4) is 0 Å². The van der Waals surface area contributed by atoms with Gasteiger partial charge in [0.2, 0.25) is 5.91 Å². The zero-order valence-electron chi connectivity index (χ0n) is 15.8. The molecule has 142 valence electrons. The van der Waals surface area contributed by atoms with Crippen LogP contribution in [0.2, 0.25) is 0 Å². The largest absolute Gasteiger partial charge is 0.497 e. The summed E-state index contributed by atoms with van der Waals surface area (Å²) < 4.78 is 5.16. The van der Waals surface area contributed by atoms with Crippen molar-refractivity contribution in [3.8, 4) is 5.75 Å². The minimum absolute atomic E-state index is 0.0437. The fourth-order valence-electron chi connectivity index (χ4n) is 3.32. The third-order valence-electron chi connectivity index (χ3n) is 4.96. The second kappa shape index (κ2) is 9.21. The van der Waals surface area contributed by atoms with Crippen molar-refractivity contribution in [2.75, 3.05) is 33.3 Å². The second-order valence-corrected chi connectivity index (χ2v) is 6.74. The van der Waals surface area contributed by atoms with Crippen LogP contribution < -0.4 is 4.74 Å². The number of piperazine rings is 1. The molecule has 1 heterocycles. The lowest BCUT2D eigenvalue weighted by Crippen LogP contribution is -2.50. The van der Waals surface area contributed by atoms with E-state index in [4.69, 9.17) is 4.74 Å². The molecule has 5 nitrogen and oxygen atoms in total. The highest BCUT2D eigenvalue weighted by Gasteiger charge is 2.24. The van der Waals surface area contributed by atoms with Gasteiger partial charge < -0.3 is 14.5 Å². The molecular weight excluding hydrogens is 340 g/mol. The third kappa shape index (κ3) is 5.09. The van der Waals surface area contributed by atoms with Crippen molar-refractivity contribution < 1.29 is 14.3 Å². The molecule has 2 aromatic carbocycles. The summed E-state index contributed by atoms with van der Waals surface area (Å²) in [7, 11) is 1.65. The highest BCUT2D eigenvalue weighted by atomic mass is 16.5. The van der Waals surface area contributed by atoms with Crippen LogP contribution in [0, 0.1) is 0 Å². The van der Waals surface area contributed by atoms with E-state index in [2.05, 4.69) is 0 Å². The first-order valence-electron chi connectivity index (χ1n) is 9.42. The zero-order valence-corrected chi connectivity index (χ0v) is 15.8. The Morgan fingerprint density at radius 1 is 0.889 bits per heavy atom. The van der Waals surface area contributed by atoms with Gasteiger partial charge in [0.15, 0.2) is 0 Å². The predicted octanol–water partition coefficient (Wildman–Crippen LogP) is 3.00. The van der Waals surface area contributed by atoms with Crippen molar-refractivity contribution in [3.63, 3.8) is 0 Å². The van der Waals surface area contributed by atoms with Crippen molar-refractivity contribution in [2.45, 2.75) is 19.3 Å². The molecular formula is C22H26N2O3. The van der Waals surface area contributed by atoms with Crippen LogP contribution >= 0.6 is 0 Å². The third-order valence-corrected chi connectivity index (χ3v) is 4.96. The number of hydrogen-bond donors (Lipinski definition) is 0. The Kier molecular flexibility index (Phi) is 6.47. The Bertz CT molecular complexity index is 751. The van der Waals surface area contributed by atoms with Crippen LogP contribution in [0.25, 0.3) is 0 Å². The molecule has 2 amide bonds. The van der Waals surface area contributed by atoms with Gasteiger partial charge in [-0.2, -0.15) is 0 Å². The molecule has 1 aliphatic rings. The Morgan fingerprint density at radius 2 is 1.52 bits per heavy atom. The molecule has 0 aromatic heterocycles. The van der Waals surface area contributed by atoms with E-state index < -0.39 is 0 Å². The van der Waals surface area contributed by atoms with Gasteiger partial charge in [0.1, 0.15) is 5.75 Å². The number of hydrogen-bond acceptors (Lipinski definition) is 3. The quantitative estimate of drug-likeness (QED) is 0.790. The van der Waals surface area contributed by atoms with E-state index in [0.717, 1.165) is 18.6 Å². The summed E-state index contributed by atoms with van der Waals surface area (Å²) in [5.74, 6) is 1.07. The molecule has 5 heteroatoms. The highest BCUT2D eigenvalue weighted by Crippen LogP contribution is 2.14. The van der Waals surface area contributed by atoms with E-state index in [1.54, 1.807) is 7.11 Å². The molecule has 0 radical (unpaired) electrons. The Labute approximate surface area is 160 Å². The molecule has 0 N–H and O–H groups in total. The molecule has 0 bridgehead atoms. The number of ether oxygens (including phenoxy) is 1. The number of carbonyl (C=O) groups excluding carboxylic acids is 2. The van der Waals surface area contributed by atoms with Gasteiger partial charge in [-0.1, -0.05) is 30.3 Å². The van der Waals surface area contributed by atoms with Crippen molar-refractivity contribution >= 4 is 11.8 Å². The molecule has 0 atom stereocenters. The number of benzene rings is 2. The number of carbonyl (C=O) groups is 2. The van der Waals surface area contributed by atoms with E-state index in [0.29, 0.717) is 38.2 Å². The van der Waals surface area contributed by atoms with E-state index >= 15 is 0 Å². The Morgan fingerprint density at radius 3 is 2.15 bits per heavy atom. The minimum atomic E-state index is 0.0437. The Balaban J connectivity index is 1.41. The molecule has 1 fully saturated rings. The summed E-state index contributed by atoms with van der Waals surface area (Å²) in [6.07, 6.45) is 2.25. The summed E-state index contributed by atoms with van der Waals surface area (Å²) in [6, 6.07) is 17.3. The van der Waals surface area contributed by atoms with Gasteiger partial charge in [0, 0.05) is 38.2 Å². The smallest absolute Gasteiger partial charge is 0.253 e. The van der Waals surface area contributed by atoms with E-state index in [1.807, 2.05) is 64.4 Å². The molecule has 0 unspecified atom stereocenters. The first-order chi connectivity index (χ1) is 13.2. The number of rotatable bonds is 6. The van der Waals surface area contributed by atoms with Gasteiger partial charge in [-0.05, 0) is 42.7 Å². The molecule has 27 heavy (non-hydrogen) atoms. The van der Waals surface area contributed by atoms with Gasteiger partial charge in [-0.3, -0.25) is 9.59 Å². The fraction of sp³-hybridized carbons (Fsp3) is 0.364. The fourth-order valence-corrected chi connectivity index (χ4v) is 3.32. The van der Waals surface area contributed by atoms with Crippen LogP contribution in [0.15, 0.2) is 54.6 Å². The van der Waals surface area contributed by atoms with Gasteiger partial charge in [0.25, 0.3) is 5.91 Å². The molecule has 3 rings (SSSR count). The normalized spacial score (nSPS) is 14.1. The van der Waals surface area contributed by atoms with Gasteiger partial charge >= 0.3 is 0 Å². The number of aryl methyl sites for hydroxylation is 1. The lowest BCUT2D eigenvalue weighted by molar-refractivity contribution is -0.132. The summed E-state index contributed by atoms with van der Waals surface area (Å²) >= 11 is 0. The maximum absolute atomic E-state index is 12.5. The van der Waals surface area contributed by atoms with Crippen molar-refractivity contribution in [2.24, 2.45) is 0 Å². The van der Waals surface area contributed by atoms with Crippen molar-refractivity contribution in [1.29, 1.82) is 0 Å².